The molecule has 1 rings (SSSR count). The third kappa shape index (κ3) is 3.83. The van der Waals surface area contributed by atoms with Crippen LogP contribution >= 0.6 is 11.6 Å². The molecule has 0 spiro atoms. The zero-order valence-electron chi connectivity index (χ0n) is 8.93. The highest BCUT2D eigenvalue weighted by atomic mass is 35.5. The molecule has 2 nitrogen and oxygen atoms in total. The average molecular weight is 224 g/mol. The zero-order chi connectivity index (χ0) is 11.1. The standard InChI is InChI=1S/C12H14ClNO/c1-14-8-4-3-5-10-9-11(15-2)6-7-12(10)13/h6-7,9,14H,4,8H2,1-2H3. The summed E-state index contributed by atoms with van der Waals surface area (Å²) >= 11 is 5.99. The van der Waals surface area contributed by atoms with Crippen LogP contribution in [0.2, 0.25) is 5.02 Å². The van der Waals surface area contributed by atoms with E-state index in [-0.39, 0.29) is 0 Å². The predicted molar refractivity (Wildman–Crippen MR) is 63.4 cm³/mol. The fourth-order valence-corrected chi connectivity index (χ4v) is 1.24. The summed E-state index contributed by atoms with van der Waals surface area (Å²) in [5.41, 5.74) is 0.812. The Labute approximate surface area is 95.6 Å². The maximum Gasteiger partial charge on any atom is 0.120 e. The lowest BCUT2D eigenvalue weighted by Crippen LogP contribution is -2.05. The number of ether oxygens (including phenoxy) is 1. The van der Waals surface area contributed by atoms with Crippen LogP contribution in [0, 0.1) is 11.8 Å². The molecule has 0 unspecified atom stereocenters. The number of benzene rings is 1. The lowest BCUT2D eigenvalue weighted by atomic mass is 10.2. The Hall–Kier alpha value is -1.17. The maximum absolute atomic E-state index is 5.99. The van der Waals surface area contributed by atoms with Crippen LogP contribution in [0.15, 0.2) is 18.2 Å². The number of rotatable bonds is 3. The van der Waals surface area contributed by atoms with Crippen molar-refractivity contribution in [1.29, 1.82) is 0 Å². The number of hydrogen-bond acceptors (Lipinski definition) is 2. The minimum atomic E-state index is 0.660. The Balaban J connectivity index is 2.77. The van der Waals surface area contributed by atoms with Gasteiger partial charge in [-0.15, -0.1) is 0 Å². The van der Waals surface area contributed by atoms with Gasteiger partial charge in [0.15, 0.2) is 0 Å². The summed E-state index contributed by atoms with van der Waals surface area (Å²) in [7, 11) is 3.53. The molecule has 0 aliphatic heterocycles. The molecule has 0 aliphatic rings. The summed E-state index contributed by atoms with van der Waals surface area (Å²) in [4.78, 5) is 0. The molecule has 80 valence electrons. The van der Waals surface area contributed by atoms with Crippen molar-refractivity contribution in [2.24, 2.45) is 0 Å². The molecule has 0 saturated heterocycles. The van der Waals surface area contributed by atoms with Gasteiger partial charge in [-0.2, -0.15) is 0 Å². The van der Waals surface area contributed by atoms with E-state index in [1.807, 2.05) is 19.2 Å². The van der Waals surface area contributed by atoms with Gasteiger partial charge in [-0.3, -0.25) is 0 Å². The van der Waals surface area contributed by atoms with Crippen LogP contribution in [0.1, 0.15) is 12.0 Å². The third-order valence-corrected chi connectivity index (χ3v) is 2.23. The van der Waals surface area contributed by atoms with Crippen molar-refractivity contribution in [3.05, 3.63) is 28.8 Å². The highest BCUT2D eigenvalue weighted by Crippen LogP contribution is 2.20. The van der Waals surface area contributed by atoms with Gasteiger partial charge in [0.05, 0.1) is 12.1 Å². The molecule has 0 atom stereocenters. The first kappa shape index (κ1) is 11.9. The molecule has 1 N–H and O–H groups in total. The molecule has 3 heteroatoms. The number of methoxy groups -OCH3 is 1. The molecule has 0 bridgehead atoms. The van der Waals surface area contributed by atoms with Crippen LogP contribution in [0.25, 0.3) is 0 Å². The maximum atomic E-state index is 5.99. The fourth-order valence-electron chi connectivity index (χ4n) is 1.07. The topological polar surface area (TPSA) is 21.3 Å². The zero-order valence-corrected chi connectivity index (χ0v) is 9.69. The van der Waals surface area contributed by atoms with Gasteiger partial charge in [0, 0.05) is 18.5 Å². The second-order valence-electron chi connectivity index (χ2n) is 3.00. The van der Waals surface area contributed by atoms with Gasteiger partial charge < -0.3 is 10.1 Å². The van der Waals surface area contributed by atoms with Crippen molar-refractivity contribution in [2.75, 3.05) is 20.7 Å². The smallest absolute Gasteiger partial charge is 0.120 e. The Bertz CT molecular complexity index is 379. The van der Waals surface area contributed by atoms with Gasteiger partial charge in [0.1, 0.15) is 5.75 Å². The van der Waals surface area contributed by atoms with Gasteiger partial charge in [0.2, 0.25) is 0 Å². The van der Waals surface area contributed by atoms with Crippen molar-refractivity contribution >= 4 is 11.6 Å². The monoisotopic (exact) mass is 223 g/mol. The van der Waals surface area contributed by atoms with E-state index in [0.717, 1.165) is 24.3 Å². The lowest BCUT2D eigenvalue weighted by Gasteiger charge is -2.01. The first-order chi connectivity index (χ1) is 7.27. The summed E-state index contributed by atoms with van der Waals surface area (Å²) in [5, 5.41) is 3.69. The van der Waals surface area contributed by atoms with Crippen molar-refractivity contribution in [1.82, 2.24) is 5.32 Å². The van der Waals surface area contributed by atoms with Gasteiger partial charge in [-0.25, -0.2) is 0 Å². The molecule has 1 aromatic rings. The summed E-state index contributed by atoms with van der Waals surface area (Å²) in [6.45, 7) is 0.884. The third-order valence-electron chi connectivity index (χ3n) is 1.90. The van der Waals surface area contributed by atoms with Crippen LogP contribution in [0.5, 0.6) is 5.75 Å². The highest BCUT2D eigenvalue weighted by molar-refractivity contribution is 6.31. The van der Waals surface area contributed by atoms with Crippen LogP contribution in [0.4, 0.5) is 0 Å². The quantitative estimate of drug-likeness (QED) is 0.627. The number of nitrogens with one attached hydrogen (secondary N) is 1. The molecule has 0 aromatic heterocycles. The molecule has 0 heterocycles. The van der Waals surface area contributed by atoms with Crippen molar-refractivity contribution < 1.29 is 4.74 Å². The second kappa shape index (κ2) is 6.34. The molecule has 0 fully saturated rings. The molecule has 0 radical (unpaired) electrons. The van der Waals surface area contributed by atoms with Gasteiger partial charge in [-0.1, -0.05) is 23.4 Å². The van der Waals surface area contributed by atoms with E-state index < -0.39 is 0 Å². The molecule has 0 aliphatic carbocycles. The van der Waals surface area contributed by atoms with E-state index in [2.05, 4.69) is 17.2 Å². The first-order valence-electron chi connectivity index (χ1n) is 4.75. The minimum absolute atomic E-state index is 0.660. The summed E-state index contributed by atoms with van der Waals surface area (Å²) in [6, 6.07) is 5.46. The van der Waals surface area contributed by atoms with E-state index in [4.69, 9.17) is 16.3 Å². The van der Waals surface area contributed by atoms with E-state index in [9.17, 15) is 0 Å². The molecule has 0 saturated carbocycles. The predicted octanol–water partition coefficient (Wildman–Crippen LogP) is 2.31. The average Bonchev–Trinajstić information content (AvgIpc) is 2.26. The molecular formula is C12H14ClNO. The van der Waals surface area contributed by atoms with Crippen LogP contribution < -0.4 is 10.1 Å². The highest BCUT2D eigenvalue weighted by Gasteiger charge is 1.98. The van der Waals surface area contributed by atoms with Gasteiger partial charge in [0.25, 0.3) is 0 Å². The van der Waals surface area contributed by atoms with Crippen LogP contribution in [-0.4, -0.2) is 20.7 Å². The van der Waals surface area contributed by atoms with Crippen molar-refractivity contribution in [3.63, 3.8) is 0 Å². The van der Waals surface area contributed by atoms with E-state index in [0.29, 0.717) is 5.02 Å². The summed E-state index contributed by atoms with van der Waals surface area (Å²) in [5.74, 6) is 6.84. The Morgan fingerprint density at radius 2 is 2.27 bits per heavy atom. The Kier molecular flexibility index (Phi) is 5.03. The summed E-state index contributed by atoms with van der Waals surface area (Å²) in [6.07, 6.45) is 0.810. The fraction of sp³-hybridized carbons (Fsp3) is 0.333. The lowest BCUT2D eigenvalue weighted by molar-refractivity contribution is 0.414. The number of halogens is 1. The van der Waals surface area contributed by atoms with Crippen molar-refractivity contribution in [2.45, 2.75) is 6.42 Å². The molecule has 15 heavy (non-hydrogen) atoms. The number of hydrogen-bond donors (Lipinski definition) is 1. The van der Waals surface area contributed by atoms with Gasteiger partial charge >= 0.3 is 0 Å². The molecule has 0 amide bonds. The van der Waals surface area contributed by atoms with Gasteiger partial charge in [-0.05, 0) is 25.2 Å². The van der Waals surface area contributed by atoms with E-state index >= 15 is 0 Å². The van der Waals surface area contributed by atoms with E-state index in [1.54, 1.807) is 13.2 Å². The van der Waals surface area contributed by atoms with E-state index in [1.165, 1.54) is 0 Å². The molecule has 1 aromatic carbocycles. The Morgan fingerprint density at radius 3 is 2.93 bits per heavy atom. The minimum Gasteiger partial charge on any atom is -0.497 e. The Morgan fingerprint density at radius 1 is 1.47 bits per heavy atom. The second-order valence-corrected chi connectivity index (χ2v) is 3.41. The normalized spacial score (nSPS) is 9.27. The summed E-state index contributed by atoms with van der Waals surface area (Å²) < 4.78 is 5.10. The first-order valence-corrected chi connectivity index (χ1v) is 5.12. The largest absolute Gasteiger partial charge is 0.497 e. The molecular weight excluding hydrogens is 210 g/mol. The van der Waals surface area contributed by atoms with Crippen molar-refractivity contribution in [3.8, 4) is 17.6 Å². The van der Waals surface area contributed by atoms with Crippen LogP contribution in [-0.2, 0) is 0 Å². The van der Waals surface area contributed by atoms with Crippen LogP contribution in [0.3, 0.4) is 0 Å². The SMILES string of the molecule is CNCCC#Cc1cc(OC)ccc1Cl.